The molecule has 3 aromatic rings. The highest BCUT2D eigenvalue weighted by Gasteiger charge is 2.38. The number of fused-ring (bicyclic) bond motifs is 1. The van der Waals surface area contributed by atoms with Crippen molar-refractivity contribution in [1.29, 1.82) is 0 Å². The second-order valence-corrected chi connectivity index (χ2v) is 6.24. The molecule has 0 spiro atoms. The van der Waals surface area contributed by atoms with Crippen molar-refractivity contribution in [2.45, 2.75) is 25.7 Å². The van der Waals surface area contributed by atoms with Gasteiger partial charge in [-0.05, 0) is 42.2 Å². The van der Waals surface area contributed by atoms with Gasteiger partial charge in [0.05, 0.1) is 12.0 Å². The first-order valence-corrected chi connectivity index (χ1v) is 8.34. The highest BCUT2D eigenvalue weighted by molar-refractivity contribution is 5.93. The van der Waals surface area contributed by atoms with Gasteiger partial charge in [0.15, 0.2) is 0 Å². The maximum Gasteiger partial charge on any atom is 0.316 e. The van der Waals surface area contributed by atoms with Gasteiger partial charge in [0.2, 0.25) is 0 Å². The molecule has 0 N–H and O–H groups in total. The number of rotatable bonds is 5. The summed E-state index contributed by atoms with van der Waals surface area (Å²) >= 11 is 0. The summed E-state index contributed by atoms with van der Waals surface area (Å²) in [5.41, 5.74) is 1.42. The quantitative estimate of drug-likeness (QED) is 0.625. The van der Waals surface area contributed by atoms with Crippen molar-refractivity contribution in [2.24, 2.45) is 0 Å². The highest BCUT2D eigenvalue weighted by atomic mass is 16.5. The molecule has 0 aliphatic rings. The zero-order chi connectivity index (χ0) is 17.0. The summed E-state index contributed by atoms with van der Waals surface area (Å²) in [5, 5.41) is 2.24. The molecule has 0 aromatic heterocycles. The SMILES string of the molecule is CCOC(=O)C(C)(Cc1ccccc1)c1cccc2ccccc12. The number of benzene rings is 3. The van der Waals surface area contributed by atoms with Crippen LogP contribution >= 0.6 is 0 Å². The Hall–Kier alpha value is -2.61. The standard InChI is InChI=1S/C22H22O2/c1-3-24-21(23)22(2,16-17-10-5-4-6-11-17)20-15-9-13-18-12-7-8-14-19(18)20/h4-15H,3,16H2,1-2H3. The number of esters is 1. The summed E-state index contributed by atoms with van der Waals surface area (Å²) in [7, 11) is 0. The minimum absolute atomic E-state index is 0.176. The number of hydrogen-bond acceptors (Lipinski definition) is 2. The fraction of sp³-hybridized carbons (Fsp3) is 0.227. The average molecular weight is 318 g/mol. The van der Waals surface area contributed by atoms with Crippen molar-refractivity contribution in [2.75, 3.05) is 6.61 Å². The molecular weight excluding hydrogens is 296 g/mol. The average Bonchev–Trinajstić information content (AvgIpc) is 2.62. The molecule has 0 aliphatic heterocycles. The lowest BCUT2D eigenvalue weighted by molar-refractivity contribution is -0.149. The number of carbonyl (C=O) groups is 1. The predicted octanol–water partition coefficient (Wildman–Crippen LogP) is 4.90. The van der Waals surface area contributed by atoms with Crippen molar-refractivity contribution >= 4 is 16.7 Å². The van der Waals surface area contributed by atoms with E-state index in [0.717, 1.165) is 21.9 Å². The van der Waals surface area contributed by atoms with Crippen molar-refractivity contribution in [3.05, 3.63) is 83.9 Å². The smallest absolute Gasteiger partial charge is 0.316 e. The van der Waals surface area contributed by atoms with Gasteiger partial charge in [-0.2, -0.15) is 0 Å². The van der Waals surface area contributed by atoms with Crippen LogP contribution in [0.1, 0.15) is 25.0 Å². The maximum absolute atomic E-state index is 12.9. The Kier molecular flexibility index (Phi) is 4.66. The van der Waals surface area contributed by atoms with Crippen molar-refractivity contribution in [3.8, 4) is 0 Å². The molecule has 1 atom stereocenters. The fourth-order valence-corrected chi connectivity index (χ4v) is 3.28. The third-order valence-corrected chi connectivity index (χ3v) is 4.51. The topological polar surface area (TPSA) is 26.3 Å². The normalized spacial score (nSPS) is 13.4. The van der Waals surface area contributed by atoms with E-state index >= 15 is 0 Å². The second-order valence-electron chi connectivity index (χ2n) is 6.24. The van der Waals surface area contributed by atoms with E-state index in [4.69, 9.17) is 4.74 Å². The van der Waals surface area contributed by atoms with Crippen LogP contribution in [-0.4, -0.2) is 12.6 Å². The molecule has 2 nitrogen and oxygen atoms in total. The van der Waals surface area contributed by atoms with E-state index in [-0.39, 0.29) is 5.97 Å². The molecule has 122 valence electrons. The van der Waals surface area contributed by atoms with E-state index in [1.54, 1.807) is 0 Å². The first-order chi connectivity index (χ1) is 11.6. The van der Waals surface area contributed by atoms with Crippen LogP contribution in [0.15, 0.2) is 72.8 Å². The summed E-state index contributed by atoms with van der Waals surface area (Å²) in [4.78, 5) is 12.9. The van der Waals surface area contributed by atoms with Gasteiger partial charge in [0.25, 0.3) is 0 Å². The summed E-state index contributed by atoms with van der Waals surface area (Å²) in [6.45, 7) is 4.22. The van der Waals surface area contributed by atoms with Crippen molar-refractivity contribution in [1.82, 2.24) is 0 Å². The summed E-state index contributed by atoms with van der Waals surface area (Å²) in [6, 6.07) is 24.4. The van der Waals surface area contributed by atoms with E-state index in [1.165, 1.54) is 0 Å². The Morgan fingerprint density at radius 2 is 1.58 bits per heavy atom. The van der Waals surface area contributed by atoms with Gasteiger partial charge in [-0.15, -0.1) is 0 Å². The molecule has 0 radical (unpaired) electrons. The fourth-order valence-electron chi connectivity index (χ4n) is 3.28. The van der Waals surface area contributed by atoms with Crippen LogP contribution < -0.4 is 0 Å². The van der Waals surface area contributed by atoms with Crippen LogP contribution in [0.4, 0.5) is 0 Å². The molecule has 24 heavy (non-hydrogen) atoms. The molecular formula is C22H22O2. The Labute approximate surface area is 143 Å². The zero-order valence-electron chi connectivity index (χ0n) is 14.2. The minimum Gasteiger partial charge on any atom is -0.465 e. The Balaban J connectivity index is 2.15. The number of hydrogen-bond donors (Lipinski definition) is 0. The van der Waals surface area contributed by atoms with Gasteiger partial charge in [-0.3, -0.25) is 4.79 Å². The van der Waals surface area contributed by atoms with Crippen LogP contribution in [0.25, 0.3) is 10.8 Å². The monoisotopic (exact) mass is 318 g/mol. The molecule has 2 heteroatoms. The first kappa shape index (κ1) is 16.3. The second kappa shape index (κ2) is 6.88. The highest BCUT2D eigenvalue weighted by Crippen LogP contribution is 2.35. The first-order valence-electron chi connectivity index (χ1n) is 8.34. The summed E-state index contributed by atoms with van der Waals surface area (Å²) < 4.78 is 5.44. The molecule has 0 saturated heterocycles. The van der Waals surface area contributed by atoms with E-state index in [2.05, 4.69) is 30.3 Å². The number of carbonyl (C=O) groups excluding carboxylic acids is 1. The Morgan fingerprint density at radius 1 is 0.917 bits per heavy atom. The largest absolute Gasteiger partial charge is 0.465 e. The van der Waals surface area contributed by atoms with Gasteiger partial charge in [-0.1, -0.05) is 72.8 Å². The van der Waals surface area contributed by atoms with E-state index in [0.29, 0.717) is 13.0 Å². The van der Waals surface area contributed by atoms with Gasteiger partial charge < -0.3 is 4.74 Å². The van der Waals surface area contributed by atoms with Crippen LogP contribution in [-0.2, 0) is 21.4 Å². The van der Waals surface area contributed by atoms with Crippen molar-refractivity contribution < 1.29 is 9.53 Å². The zero-order valence-corrected chi connectivity index (χ0v) is 14.2. The predicted molar refractivity (Wildman–Crippen MR) is 98.1 cm³/mol. The van der Waals surface area contributed by atoms with Gasteiger partial charge in [0.1, 0.15) is 0 Å². The summed E-state index contributed by atoms with van der Waals surface area (Å²) in [6.07, 6.45) is 0.612. The Bertz CT molecular complexity index is 833. The minimum atomic E-state index is -0.724. The van der Waals surface area contributed by atoms with E-state index < -0.39 is 5.41 Å². The Morgan fingerprint density at radius 3 is 2.33 bits per heavy atom. The number of ether oxygens (including phenoxy) is 1. The molecule has 0 bridgehead atoms. The molecule has 0 saturated carbocycles. The van der Waals surface area contributed by atoms with Crippen LogP contribution in [0.2, 0.25) is 0 Å². The van der Waals surface area contributed by atoms with Crippen LogP contribution in [0, 0.1) is 0 Å². The van der Waals surface area contributed by atoms with Gasteiger partial charge in [0, 0.05) is 0 Å². The molecule has 3 aromatic carbocycles. The van der Waals surface area contributed by atoms with Gasteiger partial charge >= 0.3 is 5.97 Å². The maximum atomic E-state index is 12.9. The lowest BCUT2D eigenvalue weighted by Gasteiger charge is -2.29. The molecule has 0 amide bonds. The third kappa shape index (κ3) is 3.05. The summed E-state index contributed by atoms with van der Waals surface area (Å²) in [5.74, 6) is -0.176. The third-order valence-electron chi connectivity index (χ3n) is 4.51. The van der Waals surface area contributed by atoms with E-state index in [1.807, 2.05) is 56.3 Å². The van der Waals surface area contributed by atoms with Gasteiger partial charge in [-0.25, -0.2) is 0 Å². The van der Waals surface area contributed by atoms with Crippen molar-refractivity contribution in [3.63, 3.8) is 0 Å². The molecule has 0 aliphatic carbocycles. The molecule has 0 heterocycles. The molecule has 3 rings (SSSR count). The molecule has 0 fully saturated rings. The van der Waals surface area contributed by atoms with Crippen LogP contribution in [0.5, 0.6) is 0 Å². The lowest BCUT2D eigenvalue weighted by atomic mass is 9.75. The van der Waals surface area contributed by atoms with Crippen LogP contribution in [0.3, 0.4) is 0 Å². The lowest BCUT2D eigenvalue weighted by Crippen LogP contribution is -2.37. The van der Waals surface area contributed by atoms with E-state index in [9.17, 15) is 4.79 Å². The molecule has 1 unspecified atom stereocenters.